The van der Waals surface area contributed by atoms with Gasteiger partial charge in [-0.25, -0.2) is 14.4 Å². The molecule has 1 aliphatic rings. The summed E-state index contributed by atoms with van der Waals surface area (Å²) in [5.41, 5.74) is 1.71. The molecule has 31 heavy (non-hydrogen) atoms. The van der Waals surface area contributed by atoms with Gasteiger partial charge in [0.25, 0.3) is 0 Å². The average Bonchev–Trinajstić information content (AvgIpc) is 3.32. The van der Waals surface area contributed by atoms with Crippen LogP contribution < -0.4 is 4.74 Å². The summed E-state index contributed by atoms with van der Waals surface area (Å²) in [6.07, 6.45) is -4.87. The number of alkyl halides is 3. The average molecular weight is 472 g/mol. The highest BCUT2D eigenvalue weighted by Crippen LogP contribution is 2.38. The number of carboxylic acid groups (broad SMARTS) is 1. The van der Waals surface area contributed by atoms with E-state index in [1.807, 2.05) is 26.0 Å². The number of aromatic nitrogens is 2. The summed E-state index contributed by atoms with van der Waals surface area (Å²) >= 11 is 6.86. The van der Waals surface area contributed by atoms with Crippen LogP contribution in [-0.4, -0.2) is 44.2 Å². The van der Waals surface area contributed by atoms with Crippen LogP contribution in [0.2, 0.25) is 0 Å². The first-order valence-electron chi connectivity index (χ1n) is 9.30. The lowest BCUT2D eigenvalue weighted by molar-refractivity contribution is -0.141. The number of carboxylic acids is 1. The van der Waals surface area contributed by atoms with Gasteiger partial charge in [-0.3, -0.25) is 4.79 Å². The summed E-state index contributed by atoms with van der Waals surface area (Å²) < 4.78 is 46.3. The number of nitrogens with zero attached hydrogens (tertiary/aromatic N) is 3. The molecular weight excluding hydrogens is 455 g/mol. The van der Waals surface area contributed by atoms with Crippen molar-refractivity contribution in [2.75, 3.05) is 6.54 Å². The maximum atomic E-state index is 13.0. The number of pyridine rings is 1. The maximum Gasteiger partial charge on any atom is 0.434 e. The molecule has 4 rings (SSSR count). The molecule has 0 saturated carbocycles. The van der Waals surface area contributed by atoms with Crippen molar-refractivity contribution in [1.29, 1.82) is 0 Å². The summed E-state index contributed by atoms with van der Waals surface area (Å²) in [6, 6.07) is 4.40. The van der Waals surface area contributed by atoms with Gasteiger partial charge in [0.15, 0.2) is 5.69 Å². The van der Waals surface area contributed by atoms with Gasteiger partial charge in [-0.05, 0) is 42.8 Å². The zero-order valence-corrected chi connectivity index (χ0v) is 18.0. The molecule has 0 aliphatic carbocycles. The van der Waals surface area contributed by atoms with Crippen LogP contribution in [0, 0.1) is 13.8 Å². The van der Waals surface area contributed by atoms with Gasteiger partial charge in [0.05, 0.1) is 12.1 Å². The van der Waals surface area contributed by atoms with Crippen molar-refractivity contribution in [2.45, 2.75) is 38.6 Å². The molecule has 11 heteroatoms. The molecule has 0 bridgehead atoms. The molecule has 1 aromatic carbocycles. The third-order valence-electron chi connectivity index (χ3n) is 5.26. The number of thiazole rings is 1. The fourth-order valence-corrected chi connectivity index (χ4v) is 4.58. The smallest absolute Gasteiger partial charge is 0.434 e. The number of aryl methyl sites for hydroxylation is 2. The first-order chi connectivity index (χ1) is 14.5. The first-order valence-corrected chi connectivity index (χ1v) is 10.5. The second-order valence-corrected chi connectivity index (χ2v) is 8.65. The summed E-state index contributed by atoms with van der Waals surface area (Å²) in [7, 11) is 0. The lowest BCUT2D eigenvalue weighted by Gasteiger charge is -2.17. The van der Waals surface area contributed by atoms with Crippen molar-refractivity contribution in [3.8, 4) is 16.5 Å². The van der Waals surface area contributed by atoms with Crippen LogP contribution in [0.1, 0.15) is 23.2 Å². The summed E-state index contributed by atoms with van der Waals surface area (Å²) in [6.45, 7) is 3.98. The molecule has 6 nitrogen and oxygen atoms in total. The minimum absolute atomic E-state index is 0.119. The largest absolute Gasteiger partial charge is 0.488 e. The van der Waals surface area contributed by atoms with E-state index in [-0.39, 0.29) is 23.7 Å². The molecule has 0 amide bonds. The van der Waals surface area contributed by atoms with E-state index in [9.17, 15) is 23.1 Å². The summed E-state index contributed by atoms with van der Waals surface area (Å²) in [5.74, 6) is -0.650. The van der Waals surface area contributed by atoms with Crippen LogP contribution in [0.5, 0.6) is 5.75 Å². The summed E-state index contributed by atoms with van der Waals surface area (Å²) in [4.78, 5) is 19.6. The Morgan fingerprint density at radius 3 is 2.68 bits per heavy atom. The Bertz CT molecular complexity index is 1170. The predicted molar refractivity (Wildman–Crippen MR) is 110 cm³/mol. The van der Waals surface area contributed by atoms with E-state index in [0.717, 1.165) is 27.8 Å². The van der Waals surface area contributed by atoms with Crippen molar-refractivity contribution >= 4 is 40.0 Å². The number of fused-ring (bicyclic) bond motifs is 1. The molecule has 3 aromatic rings. The Morgan fingerprint density at radius 1 is 1.32 bits per heavy atom. The monoisotopic (exact) mass is 471 g/mol. The molecule has 2 aromatic heterocycles. The number of aliphatic carboxylic acids is 1. The van der Waals surface area contributed by atoms with Crippen LogP contribution in [0.25, 0.3) is 21.6 Å². The second-order valence-electron chi connectivity index (χ2n) is 7.36. The number of carbonyl (C=O) groups is 1. The van der Waals surface area contributed by atoms with E-state index in [4.69, 9.17) is 16.5 Å². The lowest BCUT2D eigenvalue weighted by Crippen LogP contribution is -2.28. The minimum Gasteiger partial charge on any atom is -0.488 e. The van der Waals surface area contributed by atoms with Crippen molar-refractivity contribution in [1.82, 2.24) is 14.4 Å². The third kappa shape index (κ3) is 4.19. The fraction of sp³-hybridized carbons (Fsp3) is 0.350. The maximum absolute atomic E-state index is 13.0. The zero-order valence-electron chi connectivity index (χ0n) is 16.4. The highest BCUT2D eigenvalue weighted by atomic mass is 35.5. The molecule has 1 saturated heterocycles. The minimum atomic E-state index is -4.54. The number of rotatable bonds is 4. The van der Waals surface area contributed by atoms with Crippen molar-refractivity contribution in [3.05, 3.63) is 40.4 Å². The van der Waals surface area contributed by atoms with Gasteiger partial charge in [0, 0.05) is 23.3 Å². The van der Waals surface area contributed by atoms with Crippen LogP contribution in [0.4, 0.5) is 13.2 Å². The molecular formula is C20H17ClF3N3O3S. The Balaban J connectivity index is 1.78. The first kappa shape index (κ1) is 21.8. The van der Waals surface area contributed by atoms with E-state index >= 15 is 0 Å². The second kappa shape index (κ2) is 7.92. The Kier molecular flexibility index (Phi) is 5.57. The standard InChI is InChI=1S/C20H17ClF3N3O3S/c1-9-3-4-12-15(30-11-5-14(19(28)29)27(21)7-11)6-13(25-17(12)10(9)2)18-26-16(8-31-18)20(22,23)24/h3-4,6,8,11,14H,5,7H2,1-2H3,(H,28,29)/t11-,14-/m0/s1. The van der Waals surface area contributed by atoms with E-state index in [2.05, 4.69) is 9.97 Å². The van der Waals surface area contributed by atoms with Crippen LogP contribution >= 0.6 is 23.1 Å². The highest BCUT2D eigenvalue weighted by Gasteiger charge is 2.38. The molecule has 1 N–H and O–H groups in total. The van der Waals surface area contributed by atoms with Gasteiger partial charge in [-0.2, -0.15) is 13.2 Å². The Labute approximate surface area is 184 Å². The van der Waals surface area contributed by atoms with E-state index in [1.54, 1.807) is 6.07 Å². The van der Waals surface area contributed by atoms with Crippen molar-refractivity contribution in [3.63, 3.8) is 0 Å². The number of hydrogen-bond acceptors (Lipinski definition) is 6. The number of halogens is 4. The van der Waals surface area contributed by atoms with E-state index < -0.39 is 30.0 Å². The van der Waals surface area contributed by atoms with E-state index in [0.29, 0.717) is 16.7 Å². The molecule has 1 aliphatic heterocycles. The van der Waals surface area contributed by atoms with Gasteiger partial charge in [-0.15, -0.1) is 11.3 Å². The van der Waals surface area contributed by atoms with Gasteiger partial charge in [0.2, 0.25) is 0 Å². The Morgan fingerprint density at radius 2 is 2.06 bits per heavy atom. The predicted octanol–water partition coefficient (Wildman–Crippen LogP) is 5.05. The molecule has 2 atom stereocenters. The third-order valence-corrected chi connectivity index (χ3v) is 6.50. The van der Waals surface area contributed by atoms with Gasteiger partial charge < -0.3 is 9.84 Å². The van der Waals surface area contributed by atoms with Crippen molar-refractivity contribution in [2.24, 2.45) is 0 Å². The molecule has 0 radical (unpaired) electrons. The normalized spacial score (nSPS) is 19.8. The molecule has 164 valence electrons. The fourth-order valence-electron chi connectivity index (χ4n) is 3.47. The topological polar surface area (TPSA) is 75.6 Å². The number of hydrogen-bond donors (Lipinski definition) is 1. The Hall–Kier alpha value is -2.43. The van der Waals surface area contributed by atoms with E-state index in [1.165, 1.54) is 4.42 Å². The van der Waals surface area contributed by atoms with Crippen molar-refractivity contribution < 1.29 is 27.8 Å². The van der Waals surface area contributed by atoms with Gasteiger partial charge in [-0.1, -0.05) is 6.07 Å². The highest BCUT2D eigenvalue weighted by molar-refractivity contribution is 7.13. The van der Waals surface area contributed by atoms with Crippen LogP contribution in [0.3, 0.4) is 0 Å². The molecule has 1 fully saturated rings. The SMILES string of the molecule is Cc1ccc2c(O[C@H]3C[C@@H](C(=O)O)N(Cl)C3)cc(-c3nc(C(F)(F)F)cs3)nc2c1C. The molecule has 0 unspecified atom stereocenters. The lowest BCUT2D eigenvalue weighted by atomic mass is 10.0. The quantitative estimate of drug-likeness (QED) is 0.536. The number of ether oxygens (including phenoxy) is 1. The molecule has 3 heterocycles. The van der Waals surface area contributed by atoms with Crippen LogP contribution in [-0.2, 0) is 11.0 Å². The zero-order chi connectivity index (χ0) is 22.5. The molecule has 0 spiro atoms. The van der Waals surface area contributed by atoms with Gasteiger partial charge >= 0.3 is 12.1 Å². The summed E-state index contributed by atoms with van der Waals surface area (Å²) in [5, 5.41) is 11.0. The van der Waals surface area contributed by atoms with Gasteiger partial charge in [0.1, 0.15) is 28.6 Å². The van der Waals surface area contributed by atoms with Crippen LogP contribution in [0.15, 0.2) is 23.6 Å². The number of benzene rings is 1.